The van der Waals surface area contributed by atoms with E-state index in [9.17, 15) is 9.59 Å². The predicted octanol–water partition coefficient (Wildman–Crippen LogP) is 1.61. The van der Waals surface area contributed by atoms with Crippen LogP contribution in [0.5, 0.6) is 0 Å². The van der Waals surface area contributed by atoms with Gasteiger partial charge in [0.2, 0.25) is 0 Å². The molecule has 21 heavy (non-hydrogen) atoms. The molecular weight excluding hydrogens is 270 g/mol. The minimum Gasteiger partial charge on any atom is -0.481 e. The standard InChI is InChI=1S/C15H29N3O3/c1-12(13(19)20)6-5-7-16-14(21)17-8-10-18(11-9-17)15(2,3)4/h12H,5-11H2,1-4H3,(H,16,21)(H,19,20). The van der Waals surface area contributed by atoms with Crippen molar-refractivity contribution in [3.63, 3.8) is 0 Å². The molecule has 1 fully saturated rings. The average molecular weight is 299 g/mol. The van der Waals surface area contributed by atoms with E-state index < -0.39 is 5.97 Å². The van der Waals surface area contributed by atoms with Gasteiger partial charge in [-0.1, -0.05) is 6.92 Å². The second-order valence-corrected chi connectivity index (χ2v) is 6.76. The number of aliphatic carboxylic acids is 1. The van der Waals surface area contributed by atoms with Crippen molar-refractivity contribution < 1.29 is 14.7 Å². The molecule has 0 aromatic carbocycles. The first-order valence-electron chi connectivity index (χ1n) is 7.72. The Balaban J connectivity index is 2.21. The molecule has 0 aromatic rings. The van der Waals surface area contributed by atoms with E-state index >= 15 is 0 Å². The predicted molar refractivity (Wildman–Crippen MR) is 82.3 cm³/mol. The highest BCUT2D eigenvalue weighted by Crippen LogP contribution is 2.15. The van der Waals surface area contributed by atoms with Crippen molar-refractivity contribution >= 4 is 12.0 Å². The summed E-state index contributed by atoms with van der Waals surface area (Å²) in [5.41, 5.74) is 0.148. The molecule has 1 rings (SSSR count). The Labute approximate surface area is 127 Å². The number of piperazine rings is 1. The van der Waals surface area contributed by atoms with Gasteiger partial charge in [0.05, 0.1) is 5.92 Å². The zero-order valence-electron chi connectivity index (χ0n) is 13.7. The first kappa shape index (κ1) is 17.8. The molecule has 1 aliphatic rings. The fraction of sp³-hybridized carbons (Fsp3) is 0.867. The topological polar surface area (TPSA) is 72.9 Å². The van der Waals surface area contributed by atoms with Gasteiger partial charge >= 0.3 is 12.0 Å². The molecule has 2 amide bonds. The Morgan fingerprint density at radius 1 is 1.19 bits per heavy atom. The van der Waals surface area contributed by atoms with Crippen molar-refractivity contribution in [3.05, 3.63) is 0 Å². The molecule has 1 saturated heterocycles. The molecule has 1 heterocycles. The quantitative estimate of drug-likeness (QED) is 0.757. The van der Waals surface area contributed by atoms with E-state index in [2.05, 4.69) is 31.0 Å². The molecule has 0 spiro atoms. The van der Waals surface area contributed by atoms with Crippen LogP contribution >= 0.6 is 0 Å². The van der Waals surface area contributed by atoms with Crippen LogP contribution in [-0.4, -0.2) is 65.2 Å². The van der Waals surface area contributed by atoms with Crippen LogP contribution in [0.3, 0.4) is 0 Å². The minimum absolute atomic E-state index is 0.0356. The maximum Gasteiger partial charge on any atom is 0.317 e. The summed E-state index contributed by atoms with van der Waals surface area (Å²) < 4.78 is 0. The van der Waals surface area contributed by atoms with E-state index in [0.717, 1.165) is 26.2 Å². The molecule has 6 heteroatoms. The summed E-state index contributed by atoms with van der Waals surface area (Å²) in [4.78, 5) is 26.9. The van der Waals surface area contributed by atoms with E-state index in [1.165, 1.54) is 0 Å². The maximum atomic E-state index is 12.0. The molecule has 0 aromatic heterocycles. The van der Waals surface area contributed by atoms with E-state index in [4.69, 9.17) is 5.11 Å². The summed E-state index contributed by atoms with van der Waals surface area (Å²) in [5, 5.41) is 11.7. The van der Waals surface area contributed by atoms with Crippen LogP contribution in [-0.2, 0) is 4.79 Å². The van der Waals surface area contributed by atoms with E-state index in [1.54, 1.807) is 6.92 Å². The lowest BCUT2D eigenvalue weighted by molar-refractivity contribution is -0.141. The number of hydrogen-bond acceptors (Lipinski definition) is 3. The molecule has 1 unspecified atom stereocenters. The van der Waals surface area contributed by atoms with Crippen LogP contribution in [0.25, 0.3) is 0 Å². The summed E-state index contributed by atoms with van der Waals surface area (Å²) in [6, 6.07) is -0.0356. The third-order valence-corrected chi connectivity index (χ3v) is 4.03. The second-order valence-electron chi connectivity index (χ2n) is 6.76. The normalized spacial score (nSPS) is 18.4. The van der Waals surface area contributed by atoms with Gasteiger partial charge in [-0.15, -0.1) is 0 Å². The van der Waals surface area contributed by atoms with Crippen LogP contribution in [0.2, 0.25) is 0 Å². The zero-order chi connectivity index (χ0) is 16.0. The lowest BCUT2D eigenvalue weighted by atomic mass is 10.1. The zero-order valence-corrected chi connectivity index (χ0v) is 13.7. The number of urea groups is 1. The second kappa shape index (κ2) is 7.64. The van der Waals surface area contributed by atoms with Gasteiger partial charge in [-0.2, -0.15) is 0 Å². The van der Waals surface area contributed by atoms with Gasteiger partial charge in [-0.05, 0) is 33.6 Å². The lowest BCUT2D eigenvalue weighted by Gasteiger charge is -2.42. The number of carbonyl (C=O) groups is 2. The van der Waals surface area contributed by atoms with Crippen molar-refractivity contribution in [1.29, 1.82) is 0 Å². The fourth-order valence-electron chi connectivity index (χ4n) is 2.42. The molecule has 122 valence electrons. The molecule has 1 aliphatic heterocycles. The van der Waals surface area contributed by atoms with E-state index in [1.807, 2.05) is 4.90 Å². The van der Waals surface area contributed by atoms with Crippen LogP contribution in [0, 0.1) is 5.92 Å². The first-order valence-corrected chi connectivity index (χ1v) is 7.72. The summed E-state index contributed by atoms with van der Waals surface area (Å²) in [5.74, 6) is -1.13. The maximum absolute atomic E-state index is 12.0. The van der Waals surface area contributed by atoms with Crippen molar-refractivity contribution in [2.24, 2.45) is 5.92 Å². The third kappa shape index (κ3) is 5.91. The SMILES string of the molecule is CC(CCCNC(=O)N1CCN(C(C)(C)C)CC1)C(=O)O. The van der Waals surface area contributed by atoms with Crippen LogP contribution in [0.15, 0.2) is 0 Å². The monoisotopic (exact) mass is 299 g/mol. The number of nitrogens with one attached hydrogen (secondary N) is 1. The summed E-state index contributed by atoms with van der Waals surface area (Å²) >= 11 is 0. The number of carbonyl (C=O) groups excluding carboxylic acids is 1. The molecule has 0 saturated carbocycles. The molecule has 1 atom stereocenters. The largest absolute Gasteiger partial charge is 0.481 e. The number of nitrogens with zero attached hydrogens (tertiary/aromatic N) is 2. The highest BCUT2D eigenvalue weighted by atomic mass is 16.4. The summed E-state index contributed by atoms with van der Waals surface area (Å²) in [6.45, 7) is 12.1. The molecule has 0 bridgehead atoms. The summed E-state index contributed by atoms with van der Waals surface area (Å²) in [6.07, 6.45) is 1.29. The number of hydrogen-bond donors (Lipinski definition) is 2. The minimum atomic E-state index is -0.778. The van der Waals surface area contributed by atoms with Gasteiger partial charge in [0, 0.05) is 38.3 Å². The van der Waals surface area contributed by atoms with Gasteiger partial charge in [-0.3, -0.25) is 9.69 Å². The van der Waals surface area contributed by atoms with Gasteiger partial charge in [-0.25, -0.2) is 4.79 Å². The number of amides is 2. The highest BCUT2D eigenvalue weighted by Gasteiger charge is 2.27. The third-order valence-electron chi connectivity index (χ3n) is 4.03. The van der Waals surface area contributed by atoms with Crippen LogP contribution in [0.1, 0.15) is 40.5 Å². The van der Waals surface area contributed by atoms with Gasteiger partial charge in [0.25, 0.3) is 0 Å². The number of rotatable bonds is 5. The van der Waals surface area contributed by atoms with Gasteiger partial charge in [0.15, 0.2) is 0 Å². The average Bonchev–Trinajstić information content (AvgIpc) is 2.42. The van der Waals surface area contributed by atoms with Crippen LogP contribution in [0.4, 0.5) is 4.79 Å². The number of carboxylic acid groups (broad SMARTS) is 1. The Hall–Kier alpha value is -1.30. The van der Waals surface area contributed by atoms with Crippen LogP contribution < -0.4 is 5.32 Å². The molecular formula is C15H29N3O3. The van der Waals surface area contributed by atoms with E-state index in [-0.39, 0.29) is 17.5 Å². The lowest BCUT2D eigenvalue weighted by Crippen LogP contribution is -2.56. The Morgan fingerprint density at radius 2 is 1.76 bits per heavy atom. The smallest absolute Gasteiger partial charge is 0.317 e. The van der Waals surface area contributed by atoms with Crippen molar-refractivity contribution in [3.8, 4) is 0 Å². The Bertz CT molecular complexity index is 358. The highest BCUT2D eigenvalue weighted by molar-refractivity contribution is 5.74. The van der Waals surface area contributed by atoms with Crippen molar-refractivity contribution in [2.75, 3.05) is 32.7 Å². The van der Waals surface area contributed by atoms with Gasteiger partial charge in [0.1, 0.15) is 0 Å². The molecule has 6 nitrogen and oxygen atoms in total. The molecule has 2 N–H and O–H groups in total. The molecule has 0 aliphatic carbocycles. The molecule has 0 radical (unpaired) electrons. The fourth-order valence-corrected chi connectivity index (χ4v) is 2.42. The van der Waals surface area contributed by atoms with Crippen molar-refractivity contribution in [2.45, 2.75) is 46.1 Å². The Kier molecular flexibility index (Phi) is 6.45. The van der Waals surface area contributed by atoms with Crippen molar-refractivity contribution in [1.82, 2.24) is 15.1 Å². The Morgan fingerprint density at radius 3 is 2.24 bits per heavy atom. The van der Waals surface area contributed by atoms with Gasteiger partial charge < -0.3 is 15.3 Å². The van der Waals surface area contributed by atoms with E-state index in [0.29, 0.717) is 19.4 Å². The first-order chi connectivity index (χ1) is 9.71. The number of carboxylic acids is 1. The summed E-state index contributed by atoms with van der Waals surface area (Å²) in [7, 11) is 0.